The molecule has 3 rings (SSSR count). The molecule has 0 amide bonds. The van der Waals surface area contributed by atoms with Crippen molar-refractivity contribution in [2.24, 2.45) is 0 Å². The van der Waals surface area contributed by atoms with Crippen molar-refractivity contribution >= 4 is 33.1 Å². The largest absolute Gasteiger partial charge is 0.493 e. The highest BCUT2D eigenvalue weighted by atomic mass is 79.9. The molecule has 0 aliphatic carbocycles. The molecule has 0 radical (unpaired) electrons. The van der Waals surface area contributed by atoms with Crippen molar-refractivity contribution < 1.29 is 9.47 Å². The highest BCUT2D eigenvalue weighted by Crippen LogP contribution is 2.37. The molecule has 1 aliphatic heterocycles. The number of hydrogen-bond donors (Lipinski definition) is 0. The van der Waals surface area contributed by atoms with Crippen molar-refractivity contribution in [2.45, 2.75) is 13.5 Å². The summed E-state index contributed by atoms with van der Waals surface area (Å²) in [6.07, 6.45) is 0. The number of nitrogens with zero attached hydrogens (tertiary/aromatic N) is 2. The molecule has 1 saturated heterocycles. The smallest absolute Gasteiger partial charge is 0.175 e. The standard InChI is InChI=1S/C21H25BrN2O2S/c1-3-26-20-18(22)13-17(14-19(20)25-2)21(27)24-11-9-23(10-12-24)15-16-7-5-4-6-8-16/h4-8,13-14H,3,9-12,15H2,1-2H3. The van der Waals surface area contributed by atoms with E-state index in [1.807, 2.05) is 19.1 Å². The summed E-state index contributed by atoms with van der Waals surface area (Å²) in [7, 11) is 1.65. The maximum atomic E-state index is 5.77. The molecule has 0 aromatic heterocycles. The quantitative estimate of drug-likeness (QED) is 0.611. The van der Waals surface area contributed by atoms with Crippen LogP contribution in [0.4, 0.5) is 0 Å². The molecule has 0 saturated carbocycles. The summed E-state index contributed by atoms with van der Waals surface area (Å²) in [6, 6.07) is 14.6. The first-order valence-electron chi connectivity index (χ1n) is 9.18. The predicted molar refractivity (Wildman–Crippen MR) is 117 cm³/mol. The predicted octanol–water partition coefficient (Wildman–Crippen LogP) is 4.35. The third kappa shape index (κ3) is 5.00. The summed E-state index contributed by atoms with van der Waals surface area (Å²) in [6.45, 7) is 7.40. The second-order valence-corrected chi connectivity index (χ2v) is 7.72. The van der Waals surface area contributed by atoms with Crippen LogP contribution in [-0.2, 0) is 6.54 Å². The van der Waals surface area contributed by atoms with Gasteiger partial charge in [0.25, 0.3) is 0 Å². The Morgan fingerprint density at radius 2 is 1.81 bits per heavy atom. The highest BCUT2D eigenvalue weighted by molar-refractivity contribution is 9.10. The molecule has 0 N–H and O–H groups in total. The summed E-state index contributed by atoms with van der Waals surface area (Å²) >= 11 is 9.36. The Hall–Kier alpha value is -1.63. The molecule has 1 fully saturated rings. The van der Waals surface area contributed by atoms with Gasteiger partial charge < -0.3 is 14.4 Å². The van der Waals surface area contributed by atoms with Crippen molar-refractivity contribution in [3.8, 4) is 11.5 Å². The molecule has 1 heterocycles. The van der Waals surface area contributed by atoms with E-state index in [2.05, 4.69) is 56.1 Å². The fourth-order valence-electron chi connectivity index (χ4n) is 3.26. The summed E-state index contributed by atoms with van der Waals surface area (Å²) in [5.74, 6) is 1.42. The lowest BCUT2D eigenvalue weighted by Crippen LogP contribution is -2.48. The number of thiocarbonyl (C=S) groups is 1. The van der Waals surface area contributed by atoms with E-state index in [0.29, 0.717) is 12.4 Å². The first-order chi connectivity index (χ1) is 13.1. The van der Waals surface area contributed by atoms with Crippen molar-refractivity contribution in [3.05, 3.63) is 58.1 Å². The molecule has 0 bridgehead atoms. The Kier molecular flexibility index (Phi) is 7.10. The summed E-state index contributed by atoms with van der Waals surface area (Å²) in [5.41, 5.74) is 2.34. The van der Waals surface area contributed by atoms with Crippen LogP contribution in [0.2, 0.25) is 0 Å². The molecule has 144 valence electrons. The lowest BCUT2D eigenvalue weighted by atomic mass is 10.1. The maximum Gasteiger partial charge on any atom is 0.175 e. The Bertz CT molecular complexity index is 777. The molecule has 2 aromatic carbocycles. The highest BCUT2D eigenvalue weighted by Gasteiger charge is 2.21. The number of rotatable bonds is 6. The fraction of sp³-hybridized carbons (Fsp3) is 0.381. The van der Waals surface area contributed by atoms with Gasteiger partial charge in [0, 0.05) is 38.3 Å². The lowest BCUT2D eigenvalue weighted by Gasteiger charge is -2.36. The molecule has 0 spiro atoms. The average Bonchev–Trinajstić information content (AvgIpc) is 2.70. The minimum atomic E-state index is 0.585. The van der Waals surface area contributed by atoms with Crippen LogP contribution in [0.25, 0.3) is 0 Å². The lowest BCUT2D eigenvalue weighted by molar-refractivity contribution is 0.177. The average molecular weight is 449 g/mol. The minimum Gasteiger partial charge on any atom is -0.493 e. The molecule has 0 unspecified atom stereocenters. The van der Waals surface area contributed by atoms with Gasteiger partial charge in [-0.05, 0) is 40.5 Å². The van der Waals surface area contributed by atoms with Gasteiger partial charge in [-0.3, -0.25) is 4.90 Å². The van der Waals surface area contributed by atoms with Crippen molar-refractivity contribution in [3.63, 3.8) is 0 Å². The van der Waals surface area contributed by atoms with Gasteiger partial charge in [0.1, 0.15) is 4.99 Å². The second kappa shape index (κ2) is 9.53. The van der Waals surface area contributed by atoms with Gasteiger partial charge in [-0.1, -0.05) is 42.5 Å². The molecule has 27 heavy (non-hydrogen) atoms. The van der Waals surface area contributed by atoms with Gasteiger partial charge in [0.05, 0.1) is 18.2 Å². The zero-order chi connectivity index (χ0) is 19.2. The zero-order valence-electron chi connectivity index (χ0n) is 15.8. The minimum absolute atomic E-state index is 0.585. The molecule has 6 heteroatoms. The van der Waals surface area contributed by atoms with Crippen molar-refractivity contribution in [1.29, 1.82) is 0 Å². The zero-order valence-corrected chi connectivity index (χ0v) is 18.2. The van der Waals surface area contributed by atoms with Crippen LogP contribution < -0.4 is 9.47 Å². The van der Waals surface area contributed by atoms with Crippen LogP contribution in [-0.4, -0.2) is 54.7 Å². The van der Waals surface area contributed by atoms with E-state index in [4.69, 9.17) is 21.7 Å². The van der Waals surface area contributed by atoms with Crippen molar-refractivity contribution in [2.75, 3.05) is 39.9 Å². The fourth-order valence-corrected chi connectivity index (χ4v) is 4.12. The monoisotopic (exact) mass is 448 g/mol. The number of ether oxygens (including phenoxy) is 2. The number of methoxy groups -OCH3 is 1. The van der Waals surface area contributed by atoms with Gasteiger partial charge in [-0.15, -0.1) is 0 Å². The number of hydrogen-bond acceptors (Lipinski definition) is 4. The van der Waals surface area contributed by atoms with Crippen LogP contribution in [0.15, 0.2) is 46.9 Å². The topological polar surface area (TPSA) is 24.9 Å². The second-order valence-electron chi connectivity index (χ2n) is 6.48. The first kappa shape index (κ1) is 20.1. The summed E-state index contributed by atoms with van der Waals surface area (Å²) in [4.78, 5) is 5.61. The van der Waals surface area contributed by atoms with E-state index < -0.39 is 0 Å². The normalized spacial score (nSPS) is 14.9. The maximum absolute atomic E-state index is 5.77. The summed E-state index contributed by atoms with van der Waals surface area (Å²) in [5, 5.41) is 0. The van der Waals surface area contributed by atoms with Gasteiger partial charge in [0.2, 0.25) is 0 Å². The van der Waals surface area contributed by atoms with Gasteiger partial charge in [0.15, 0.2) is 11.5 Å². The Balaban J connectivity index is 1.64. The van der Waals surface area contributed by atoms with E-state index in [9.17, 15) is 0 Å². The van der Waals surface area contributed by atoms with Crippen LogP contribution >= 0.6 is 28.1 Å². The van der Waals surface area contributed by atoms with Gasteiger partial charge in [-0.2, -0.15) is 0 Å². The molecule has 1 aliphatic rings. The summed E-state index contributed by atoms with van der Waals surface area (Å²) < 4.78 is 12.0. The number of piperazine rings is 1. The van der Waals surface area contributed by atoms with Gasteiger partial charge >= 0.3 is 0 Å². The Morgan fingerprint density at radius 1 is 1.11 bits per heavy atom. The number of benzene rings is 2. The Labute approximate surface area is 175 Å². The molecular formula is C21H25BrN2O2S. The molecule has 2 aromatic rings. The van der Waals surface area contributed by atoms with Crippen LogP contribution in [0.1, 0.15) is 18.1 Å². The van der Waals surface area contributed by atoms with E-state index in [0.717, 1.165) is 53.5 Å². The number of halogens is 1. The molecule has 4 nitrogen and oxygen atoms in total. The Morgan fingerprint density at radius 3 is 2.44 bits per heavy atom. The first-order valence-corrected chi connectivity index (χ1v) is 10.4. The van der Waals surface area contributed by atoms with Crippen LogP contribution in [0.5, 0.6) is 11.5 Å². The molecular weight excluding hydrogens is 424 g/mol. The van der Waals surface area contributed by atoms with E-state index >= 15 is 0 Å². The van der Waals surface area contributed by atoms with Crippen LogP contribution in [0, 0.1) is 0 Å². The van der Waals surface area contributed by atoms with E-state index in [1.54, 1.807) is 7.11 Å². The SMILES string of the molecule is CCOc1c(Br)cc(C(=S)N2CCN(Cc3ccccc3)CC2)cc1OC. The van der Waals surface area contributed by atoms with E-state index in [-0.39, 0.29) is 0 Å². The van der Waals surface area contributed by atoms with Gasteiger partial charge in [-0.25, -0.2) is 0 Å². The van der Waals surface area contributed by atoms with Crippen LogP contribution in [0.3, 0.4) is 0 Å². The third-order valence-electron chi connectivity index (χ3n) is 4.67. The van der Waals surface area contributed by atoms with Crippen molar-refractivity contribution in [1.82, 2.24) is 9.80 Å². The van der Waals surface area contributed by atoms with E-state index in [1.165, 1.54) is 5.56 Å². The molecule has 0 atom stereocenters. The third-order valence-corrected chi connectivity index (χ3v) is 5.76.